The quantitative estimate of drug-likeness (QED) is 0.582. The molecule has 1 aromatic heterocycles. The molecule has 0 spiro atoms. The van der Waals surface area contributed by atoms with Crippen LogP contribution in [0.5, 0.6) is 0 Å². The van der Waals surface area contributed by atoms with Gasteiger partial charge in [-0.05, 0) is 49.2 Å². The van der Waals surface area contributed by atoms with E-state index in [1.165, 1.54) is 6.07 Å². The van der Waals surface area contributed by atoms with Crippen LogP contribution in [-0.2, 0) is 10.0 Å². The van der Waals surface area contributed by atoms with Crippen molar-refractivity contribution >= 4 is 21.5 Å². The van der Waals surface area contributed by atoms with Crippen LogP contribution < -0.4 is 4.72 Å². The zero-order chi connectivity index (χ0) is 21.3. The van der Waals surface area contributed by atoms with Gasteiger partial charge >= 0.3 is 0 Å². The Morgan fingerprint density at radius 1 is 1.07 bits per heavy atom. The lowest BCUT2D eigenvalue weighted by Crippen LogP contribution is -2.10. The Morgan fingerprint density at radius 3 is 2.41 bits per heavy atom. The second-order valence-corrected chi connectivity index (χ2v) is 9.06. The van der Waals surface area contributed by atoms with Crippen molar-refractivity contribution in [2.75, 3.05) is 11.0 Å². The van der Waals surface area contributed by atoms with Crippen LogP contribution in [0.15, 0.2) is 48.5 Å². The number of sulfonamides is 1. The second kappa shape index (κ2) is 7.83. The Labute approximate surface area is 170 Å². The summed E-state index contributed by atoms with van der Waals surface area (Å²) >= 11 is 0. The molecule has 0 radical (unpaired) electrons. The van der Waals surface area contributed by atoms with Gasteiger partial charge in [-0.1, -0.05) is 36.8 Å². The van der Waals surface area contributed by atoms with Gasteiger partial charge in [0, 0.05) is 17.2 Å². The molecule has 1 atom stereocenters. The molecule has 0 fully saturated rings. The number of benzene rings is 2. The molecule has 152 valence electrons. The lowest BCUT2D eigenvalue weighted by molar-refractivity contribution is 0.103. The maximum Gasteiger partial charge on any atom is 0.229 e. The third-order valence-electron chi connectivity index (χ3n) is 4.82. The van der Waals surface area contributed by atoms with Crippen LogP contribution in [0.1, 0.15) is 51.3 Å². The summed E-state index contributed by atoms with van der Waals surface area (Å²) in [7, 11) is -3.48. The Hall–Kier alpha value is -2.93. The molecule has 0 saturated heterocycles. The monoisotopic (exact) mass is 414 g/mol. The van der Waals surface area contributed by atoms with Crippen LogP contribution in [-0.4, -0.2) is 25.4 Å². The molecule has 1 heterocycles. The molecule has 0 aliphatic heterocycles. The summed E-state index contributed by atoms with van der Waals surface area (Å²) in [5.41, 5.74) is 4.31. The van der Waals surface area contributed by atoms with E-state index in [0.717, 1.165) is 23.4 Å². The van der Waals surface area contributed by atoms with E-state index in [4.69, 9.17) is 0 Å². The van der Waals surface area contributed by atoms with Gasteiger partial charge in [0.25, 0.3) is 0 Å². The van der Waals surface area contributed by atoms with E-state index in [2.05, 4.69) is 9.71 Å². The number of carbonyl (C=O) groups excluding carboxylic acids is 1. The van der Waals surface area contributed by atoms with Crippen LogP contribution in [0, 0.1) is 19.7 Å². The fourth-order valence-corrected chi connectivity index (χ4v) is 3.89. The van der Waals surface area contributed by atoms with Gasteiger partial charge in [-0.2, -0.15) is 0 Å². The summed E-state index contributed by atoms with van der Waals surface area (Å²) < 4.78 is 39.4. The Morgan fingerprint density at radius 2 is 1.79 bits per heavy atom. The maximum atomic E-state index is 14.6. The maximum absolute atomic E-state index is 14.6. The molecule has 7 heteroatoms. The number of aromatic amines is 1. The largest absolute Gasteiger partial charge is 0.355 e. The second-order valence-electron chi connectivity index (χ2n) is 7.31. The number of rotatable bonds is 6. The summed E-state index contributed by atoms with van der Waals surface area (Å²) in [6.45, 7) is 5.69. The van der Waals surface area contributed by atoms with Gasteiger partial charge in [-0.15, -0.1) is 0 Å². The van der Waals surface area contributed by atoms with Crippen molar-refractivity contribution in [1.82, 2.24) is 4.98 Å². The topological polar surface area (TPSA) is 79.0 Å². The Kier molecular flexibility index (Phi) is 5.61. The number of aromatic nitrogens is 1. The fourth-order valence-electron chi connectivity index (χ4n) is 3.33. The molecule has 2 aromatic carbocycles. The highest BCUT2D eigenvalue weighted by Gasteiger charge is 2.19. The van der Waals surface area contributed by atoms with Crippen molar-refractivity contribution < 1.29 is 17.6 Å². The lowest BCUT2D eigenvalue weighted by Gasteiger charge is -2.13. The van der Waals surface area contributed by atoms with Crippen molar-refractivity contribution in [1.29, 1.82) is 0 Å². The number of hydrogen-bond donors (Lipinski definition) is 2. The molecule has 0 saturated carbocycles. The number of nitrogens with one attached hydrogen (secondary N) is 2. The van der Waals surface area contributed by atoms with E-state index < -0.39 is 15.8 Å². The normalized spacial score (nSPS) is 12.6. The highest BCUT2D eigenvalue weighted by atomic mass is 32.2. The molecular weight excluding hydrogens is 391 g/mol. The van der Waals surface area contributed by atoms with E-state index in [-0.39, 0.29) is 17.4 Å². The van der Waals surface area contributed by atoms with E-state index in [0.29, 0.717) is 22.5 Å². The predicted octanol–water partition coefficient (Wildman–Crippen LogP) is 4.52. The predicted molar refractivity (Wildman–Crippen MR) is 113 cm³/mol. The van der Waals surface area contributed by atoms with Gasteiger partial charge in [0.15, 0.2) is 0 Å². The highest BCUT2D eigenvalue weighted by Crippen LogP contribution is 2.28. The number of hydrogen-bond acceptors (Lipinski definition) is 3. The number of carbonyl (C=O) groups is 1. The molecule has 2 N–H and O–H groups in total. The average Bonchev–Trinajstić information content (AvgIpc) is 3.09. The van der Waals surface area contributed by atoms with Crippen molar-refractivity contribution in [3.05, 3.63) is 88.0 Å². The zero-order valence-electron chi connectivity index (χ0n) is 16.7. The smallest absolute Gasteiger partial charge is 0.229 e. The minimum atomic E-state index is -3.48. The molecule has 0 amide bonds. The number of halogens is 1. The summed E-state index contributed by atoms with van der Waals surface area (Å²) in [5.74, 6) is -0.986. The summed E-state index contributed by atoms with van der Waals surface area (Å²) in [4.78, 5) is 15.9. The molecule has 1 unspecified atom stereocenters. The van der Waals surface area contributed by atoms with Crippen LogP contribution in [0.3, 0.4) is 0 Å². The molecule has 5 nitrogen and oxygen atoms in total. The van der Waals surface area contributed by atoms with Crippen molar-refractivity contribution in [2.45, 2.75) is 26.7 Å². The van der Waals surface area contributed by atoms with E-state index in [9.17, 15) is 17.6 Å². The first-order valence-electron chi connectivity index (χ1n) is 9.13. The molecule has 0 aliphatic rings. The van der Waals surface area contributed by atoms with Gasteiger partial charge in [0.2, 0.25) is 15.8 Å². The first kappa shape index (κ1) is 20.8. The van der Waals surface area contributed by atoms with E-state index in [1.54, 1.807) is 18.2 Å². The van der Waals surface area contributed by atoms with Gasteiger partial charge in [-0.25, -0.2) is 12.8 Å². The van der Waals surface area contributed by atoms with Crippen LogP contribution >= 0.6 is 0 Å². The number of H-pyrrole nitrogens is 1. The molecule has 0 aliphatic carbocycles. The summed E-state index contributed by atoms with van der Waals surface area (Å²) in [5, 5.41) is 0. The van der Waals surface area contributed by atoms with Crippen molar-refractivity contribution in [3.63, 3.8) is 0 Å². The Balaban J connectivity index is 1.85. The SMILES string of the molecule is Cc1ccc(C(=O)c2ccc(C(C)c3ccc(NS(C)(=O)=O)cc3F)[nH]2)c(C)c1. The highest BCUT2D eigenvalue weighted by molar-refractivity contribution is 7.92. The third kappa shape index (κ3) is 4.74. The van der Waals surface area contributed by atoms with Gasteiger partial charge in [0.05, 0.1) is 17.6 Å². The summed E-state index contributed by atoms with van der Waals surface area (Å²) in [6, 6.07) is 13.3. The molecule has 3 rings (SSSR count). The molecule has 29 heavy (non-hydrogen) atoms. The van der Waals surface area contributed by atoms with Crippen molar-refractivity contribution in [2.24, 2.45) is 0 Å². The van der Waals surface area contributed by atoms with Crippen LogP contribution in [0.2, 0.25) is 0 Å². The molecule has 0 bridgehead atoms. The number of aryl methyl sites for hydroxylation is 2. The summed E-state index contributed by atoms with van der Waals surface area (Å²) in [6.07, 6.45) is 1.01. The first-order valence-corrected chi connectivity index (χ1v) is 11.0. The van der Waals surface area contributed by atoms with E-state index in [1.807, 2.05) is 39.0 Å². The van der Waals surface area contributed by atoms with Gasteiger partial charge < -0.3 is 4.98 Å². The van der Waals surface area contributed by atoms with Crippen LogP contribution in [0.25, 0.3) is 0 Å². The number of ketones is 1. The minimum absolute atomic E-state index is 0.117. The van der Waals surface area contributed by atoms with E-state index >= 15 is 0 Å². The standard InChI is InChI=1S/C22H23FN2O3S/c1-13-5-7-17(14(2)11-13)22(26)21-10-9-20(24-21)15(3)18-8-6-16(12-19(18)23)25-29(4,27)28/h5-12,15,24-25H,1-4H3. The zero-order valence-corrected chi connectivity index (χ0v) is 17.5. The molecule has 3 aromatic rings. The third-order valence-corrected chi connectivity index (χ3v) is 5.42. The van der Waals surface area contributed by atoms with Gasteiger partial charge in [0.1, 0.15) is 5.82 Å². The molecular formula is C22H23FN2O3S. The number of anilines is 1. The Bertz CT molecular complexity index is 1180. The van der Waals surface area contributed by atoms with Crippen molar-refractivity contribution in [3.8, 4) is 0 Å². The van der Waals surface area contributed by atoms with Gasteiger partial charge in [-0.3, -0.25) is 9.52 Å². The van der Waals surface area contributed by atoms with Crippen LogP contribution in [0.4, 0.5) is 10.1 Å². The average molecular weight is 415 g/mol. The fraction of sp³-hybridized carbons (Fsp3) is 0.227. The first-order chi connectivity index (χ1) is 13.5. The lowest BCUT2D eigenvalue weighted by atomic mass is 9.97. The minimum Gasteiger partial charge on any atom is -0.355 e.